The first-order valence-corrected chi connectivity index (χ1v) is 14.8. The molecule has 0 aliphatic heterocycles. The predicted octanol–water partition coefficient (Wildman–Crippen LogP) is 5.48. The average Bonchev–Trinajstić information content (AvgIpc) is 2.89. The Kier molecular flexibility index (Phi) is 10.2. The normalized spacial score (nSPS) is 12.2. The Bertz CT molecular complexity index is 1410. The minimum absolute atomic E-state index is 0.0503. The van der Waals surface area contributed by atoms with Gasteiger partial charge in [-0.3, -0.25) is 13.9 Å². The molecule has 1 atom stereocenters. The summed E-state index contributed by atoms with van der Waals surface area (Å²) in [4.78, 5) is 28.7. The van der Waals surface area contributed by atoms with Gasteiger partial charge < -0.3 is 10.2 Å². The molecule has 0 saturated carbocycles. The number of benzene rings is 3. The van der Waals surface area contributed by atoms with Crippen molar-refractivity contribution in [3.63, 3.8) is 0 Å². The highest BCUT2D eigenvalue weighted by Crippen LogP contribution is 2.27. The van der Waals surface area contributed by atoms with E-state index >= 15 is 0 Å². The van der Waals surface area contributed by atoms with Gasteiger partial charge in [-0.05, 0) is 81.1 Å². The Morgan fingerprint density at radius 3 is 2.15 bits per heavy atom. The maximum Gasteiger partial charge on any atom is 0.264 e. The second-order valence-corrected chi connectivity index (χ2v) is 12.1. The second-order valence-electron chi connectivity index (χ2n) is 9.79. The molecule has 0 aliphatic carbocycles. The molecule has 3 rings (SSSR count). The summed E-state index contributed by atoms with van der Waals surface area (Å²) in [6.45, 7) is 8.90. The fourth-order valence-corrected chi connectivity index (χ4v) is 5.86. The van der Waals surface area contributed by atoms with Crippen LogP contribution in [-0.2, 0) is 26.2 Å². The molecule has 0 bridgehead atoms. The van der Waals surface area contributed by atoms with Gasteiger partial charge in [0, 0.05) is 17.6 Å². The Labute approximate surface area is 236 Å². The van der Waals surface area contributed by atoms with E-state index in [1.165, 1.54) is 17.0 Å². The zero-order valence-corrected chi connectivity index (χ0v) is 24.6. The van der Waals surface area contributed by atoms with Crippen LogP contribution in [0.25, 0.3) is 0 Å². The summed E-state index contributed by atoms with van der Waals surface area (Å²) in [6, 6.07) is 19.4. The molecule has 0 radical (unpaired) electrons. The number of aryl methyl sites for hydroxylation is 2. The van der Waals surface area contributed by atoms with E-state index in [1.807, 2.05) is 40.7 Å². The number of nitrogens with zero attached hydrogens (tertiary/aromatic N) is 2. The van der Waals surface area contributed by atoms with Crippen LogP contribution in [0.5, 0.6) is 0 Å². The van der Waals surface area contributed by atoms with Crippen LogP contribution in [0.1, 0.15) is 43.9 Å². The van der Waals surface area contributed by atoms with Gasteiger partial charge in [-0.2, -0.15) is 0 Å². The van der Waals surface area contributed by atoms with Crippen LogP contribution >= 0.6 is 11.6 Å². The number of rotatable bonds is 11. The van der Waals surface area contributed by atoms with Crippen molar-refractivity contribution in [1.29, 1.82) is 0 Å². The van der Waals surface area contributed by atoms with E-state index in [0.29, 0.717) is 22.7 Å². The summed E-state index contributed by atoms with van der Waals surface area (Å²) in [7, 11) is -4.11. The predicted molar refractivity (Wildman–Crippen MR) is 156 cm³/mol. The van der Waals surface area contributed by atoms with Gasteiger partial charge in [0.2, 0.25) is 11.8 Å². The molecule has 0 heterocycles. The van der Waals surface area contributed by atoms with Gasteiger partial charge in [-0.25, -0.2) is 8.42 Å². The lowest BCUT2D eigenvalue weighted by Crippen LogP contribution is -2.53. The van der Waals surface area contributed by atoms with Crippen LogP contribution < -0.4 is 9.62 Å². The highest BCUT2D eigenvalue weighted by atomic mass is 35.5. The molecule has 3 aromatic carbocycles. The van der Waals surface area contributed by atoms with E-state index in [-0.39, 0.29) is 23.4 Å². The van der Waals surface area contributed by atoms with Gasteiger partial charge in [0.05, 0.1) is 10.6 Å². The number of anilines is 1. The lowest BCUT2D eigenvalue weighted by Gasteiger charge is -2.33. The lowest BCUT2D eigenvalue weighted by atomic mass is 10.1. The Balaban J connectivity index is 2.09. The molecule has 1 N–H and O–H groups in total. The van der Waals surface area contributed by atoms with Crippen molar-refractivity contribution in [2.24, 2.45) is 0 Å². The standard InChI is InChI=1S/C30H36ClN3O4S/c1-6-28(30(36)32-21(2)3)33(19-24-12-10-11-15-27(24)31)29(35)20-34(25-17-16-22(4)23(5)18-25)39(37,38)26-13-8-7-9-14-26/h7-18,21,28H,6,19-20H2,1-5H3,(H,32,36)/t28-/m1/s1. The fourth-order valence-electron chi connectivity index (χ4n) is 4.24. The first-order valence-electron chi connectivity index (χ1n) is 12.9. The van der Waals surface area contributed by atoms with E-state index in [2.05, 4.69) is 5.32 Å². The van der Waals surface area contributed by atoms with Crippen molar-refractivity contribution in [2.45, 2.75) is 64.6 Å². The van der Waals surface area contributed by atoms with Gasteiger partial charge in [-0.1, -0.05) is 61.0 Å². The molecule has 0 aromatic heterocycles. The van der Waals surface area contributed by atoms with Crippen LogP contribution in [0, 0.1) is 13.8 Å². The second kappa shape index (κ2) is 13.1. The van der Waals surface area contributed by atoms with E-state index in [1.54, 1.807) is 54.6 Å². The number of nitrogens with one attached hydrogen (secondary N) is 1. The molecule has 9 heteroatoms. The molecule has 0 aliphatic rings. The third kappa shape index (κ3) is 7.40. The van der Waals surface area contributed by atoms with Crippen molar-refractivity contribution in [3.05, 3.63) is 94.5 Å². The molecule has 7 nitrogen and oxygen atoms in total. The molecule has 0 spiro atoms. The van der Waals surface area contributed by atoms with Gasteiger partial charge in [0.25, 0.3) is 10.0 Å². The molecular formula is C30H36ClN3O4S. The largest absolute Gasteiger partial charge is 0.352 e. The van der Waals surface area contributed by atoms with Crippen molar-refractivity contribution in [2.75, 3.05) is 10.8 Å². The minimum atomic E-state index is -4.11. The summed E-state index contributed by atoms with van der Waals surface area (Å²) in [5, 5.41) is 3.34. The first kappa shape index (κ1) is 30.2. The van der Waals surface area contributed by atoms with Crippen molar-refractivity contribution >= 4 is 39.1 Å². The Hall–Kier alpha value is -3.36. The molecule has 0 fully saturated rings. The van der Waals surface area contributed by atoms with E-state index < -0.39 is 28.5 Å². The Morgan fingerprint density at radius 2 is 1.56 bits per heavy atom. The number of sulfonamides is 1. The first-order chi connectivity index (χ1) is 18.4. The molecule has 2 amide bonds. The summed E-state index contributed by atoms with van der Waals surface area (Å²) in [5.74, 6) is -0.824. The maximum absolute atomic E-state index is 14.1. The van der Waals surface area contributed by atoms with Crippen molar-refractivity contribution in [1.82, 2.24) is 10.2 Å². The van der Waals surface area contributed by atoms with Crippen LogP contribution in [-0.4, -0.2) is 43.8 Å². The number of carbonyl (C=O) groups is 2. The number of amides is 2. The van der Waals surface area contributed by atoms with E-state index in [9.17, 15) is 18.0 Å². The SMILES string of the molecule is CC[C@H](C(=O)NC(C)C)N(Cc1ccccc1Cl)C(=O)CN(c1ccc(C)c(C)c1)S(=O)(=O)c1ccccc1. The highest BCUT2D eigenvalue weighted by molar-refractivity contribution is 7.92. The number of halogens is 1. The number of hydrogen-bond acceptors (Lipinski definition) is 4. The summed E-state index contributed by atoms with van der Waals surface area (Å²) in [5.41, 5.74) is 2.92. The van der Waals surface area contributed by atoms with Gasteiger partial charge >= 0.3 is 0 Å². The summed E-state index contributed by atoms with van der Waals surface area (Å²) in [6.07, 6.45) is 0.337. The van der Waals surface area contributed by atoms with Crippen molar-refractivity contribution in [3.8, 4) is 0 Å². The summed E-state index contributed by atoms with van der Waals surface area (Å²) >= 11 is 6.43. The molecule has 3 aromatic rings. The van der Waals surface area contributed by atoms with Crippen LogP contribution in [0.15, 0.2) is 77.7 Å². The fraction of sp³-hybridized carbons (Fsp3) is 0.333. The molecule has 39 heavy (non-hydrogen) atoms. The Morgan fingerprint density at radius 1 is 0.923 bits per heavy atom. The van der Waals surface area contributed by atoms with E-state index in [0.717, 1.165) is 15.4 Å². The third-order valence-electron chi connectivity index (χ3n) is 6.50. The minimum Gasteiger partial charge on any atom is -0.352 e. The zero-order chi connectivity index (χ0) is 28.7. The molecule has 0 saturated heterocycles. The van der Waals surface area contributed by atoms with Gasteiger partial charge in [0.1, 0.15) is 12.6 Å². The molecule has 0 unspecified atom stereocenters. The van der Waals surface area contributed by atoms with Crippen LogP contribution in [0.2, 0.25) is 5.02 Å². The summed E-state index contributed by atoms with van der Waals surface area (Å²) < 4.78 is 28.9. The van der Waals surface area contributed by atoms with Crippen LogP contribution in [0.3, 0.4) is 0 Å². The van der Waals surface area contributed by atoms with Gasteiger partial charge in [0.15, 0.2) is 0 Å². The van der Waals surface area contributed by atoms with Gasteiger partial charge in [-0.15, -0.1) is 0 Å². The number of hydrogen-bond donors (Lipinski definition) is 1. The maximum atomic E-state index is 14.1. The molecule has 208 valence electrons. The smallest absolute Gasteiger partial charge is 0.264 e. The quantitative estimate of drug-likeness (QED) is 0.331. The third-order valence-corrected chi connectivity index (χ3v) is 8.66. The lowest BCUT2D eigenvalue weighted by molar-refractivity contribution is -0.140. The number of carbonyl (C=O) groups excluding carboxylic acids is 2. The zero-order valence-electron chi connectivity index (χ0n) is 23.0. The monoisotopic (exact) mass is 569 g/mol. The average molecular weight is 570 g/mol. The molecular weight excluding hydrogens is 534 g/mol. The van der Waals surface area contributed by atoms with Crippen molar-refractivity contribution < 1.29 is 18.0 Å². The topological polar surface area (TPSA) is 86.8 Å². The van der Waals surface area contributed by atoms with E-state index in [4.69, 9.17) is 11.6 Å². The highest BCUT2D eigenvalue weighted by Gasteiger charge is 2.34. The van der Waals surface area contributed by atoms with Crippen LogP contribution in [0.4, 0.5) is 5.69 Å².